The monoisotopic (exact) mass is 186 g/mol. The molecular weight excluding hydrogens is 160 g/mol. The zero-order valence-corrected chi connectivity index (χ0v) is 9.31. The molecule has 0 saturated carbocycles. The standard InChI is InChI=1S/C11H26N2/c1-11(2)13-10-8-6-4-3-5-7-9-12/h11,13H,3-10,12H2,1-2H3. The maximum absolute atomic E-state index is 5.41. The van der Waals surface area contributed by atoms with Crippen molar-refractivity contribution >= 4 is 0 Å². The van der Waals surface area contributed by atoms with Crippen LogP contribution in [0.15, 0.2) is 0 Å². The average Bonchev–Trinajstić information content (AvgIpc) is 2.09. The Balaban J connectivity index is 2.84. The summed E-state index contributed by atoms with van der Waals surface area (Å²) >= 11 is 0. The highest BCUT2D eigenvalue weighted by Gasteiger charge is 1.92. The van der Waals surface area contributed by atoms with E-state index in [1.807, 2.05) is 0 Å². The molecule has 80 valence electrons. The smallest absolute Gasteiger partial charge is 0.00103 e. The fourth-order valence-corrected chi connectivity index (χ4v) is 1.37. The Labute approximate surface area is 83.3 Å². The van der Waals surface area contributed by atoms with Crippen molar-refractivity contribution in [1.29, 1.82) is 0 Å². The zero-order valence-electron chi connectivity index (χ0n) is 9.31. The molecule has 0 bridgehead atoms. The lowest BCUT2D eigenvalue weighted by molar-refractivity contribution is 0.533. The van der Waals surface area contributed by atoms with Gasteiger partial charge in [-0.25, -0.2) is 0 Å². The quantitative estimate of drug-likeness (QED) is 0.542. The Morgan fingerprint density at radius 3 is 2.00 bits per heavy atom. The molecule has 0 aliphatic heterocycles. The lowest BCUT2D eigenvalue weighted by Gasteiger charge is -2.07. The van der Waals surface area contributed by atoms with E-state index < -0.39 is 0 Å². The minimum atomic E-state index is 0.636. The lowest BCUT2D eigenvalue weighted by Crippen LogP contribution is -2.23. The van der Waals surface area contributed by atoms with E-state index in [1.54, 1.807) is 0 Å². The van der Waals surface area contributed by atoms with Crippen LogP contribution in [-0.4, -0.2) is 19.1 Å². The van der Waals surface area contributed by atoms with E-state index >= 15 is 0 Å². The van der Waals surface area contributed by atoms with Gasteiger partial charge in [-0.3, -0.25) is 0 Å². The van der Waals surface area contributed by atoms with Gasteiger partial charge in [0, 0.05) is 6.04 Å². The van der Waals surface area contributed by atoms with E-state index in [1.165, 1.54) is 45.1 Å². The molecule has 0 heterocycles. The first-order chi connectivity index (χ1) is 6.27. The molecule has 0 saturated heterocycles. The number of hydrogen-bond acceptors (Lipinski definition) is 2. The van der Waals surface area contributed by atoms with Crippen LogP contribution in [0, 0.1) is 0 Å². The molecule has 0 aliphatic rings. The van der Waals surface area contributed by atoms with Gasteiger partial charge in [0.05, 0.1) is 0 Å². The van der Waals surface area contributed by atoms with Gasteiger partial charge in [-0.15, -0.1) is 0 Å². The van der Waals surface area contributed by atoms with Crippen molar-refractivity contribution in [1.82, 2.24) is 5.32 Å². The Morgan fingerprint density at radius 2 is 1.46 bits per heavy atom. The van der Waals surface area contributed by atoms with Crippen molar-refractivity contribution in [3.63, 3.8) is 0 Å². The van der Waals surface area contributed by atoms with E-state index in [9.17, 15) is 0 Å². The number of hydrogen-bond donors (Lipinski definition) is 2. The second-order valence-corrected chi connectivity index (χ2v) is 4.02. The van der Waals surface area contributed by atoms with Gasteiger partial charge < -0.3 is 11.1 Å². The van der Waals surface area contributed by atoms with Gasteiger partial charge in [-0.05, 0) is 25.9 Å². The van der Waals surface area contributed by atoms with Crippen molar-refractivity contribution in [2.75, 3.05) is 13.1 Å². The van der Waals surface area contributed by atoms with Crippen LogP contribution in [0.1, 0.15) is 52.4 Å². The molecule has 0 aromatic heterocycles. The fourth-order valence-electron chi connectivity index (χ4n) is 1.37. The van der Waals surface area contributed by atoms with Crippen molar-refractivity contribution in [2.24, 2.45) is 5.73 Å². The lowest BCUT2D eigenvalue weighted by atomic mass is 10.1. The molecule has 0 rings (SSSR count). The highest BCUT2D eigenvalue weighted by molar-refractivity contribution is 4.53. The minimum Gasteiger partial charge on any atom is -0.330 e. The number of nitrogens with two attached hydrogens (primary N) is 1. The van der Waals surface area contributed by atoms with Gasteiger partial charge in [-0.2, -0.15) is 0 Å². The first-order valence-corrected chi connectivity index (χ1v) is 5.71. The van der Waals surface area contributed by atoms with Crippen molar-refractivity contribution in [3.8, 4) is 0 Å². The largest absolute Gasteiger partial charge is 0.330 e. The highest BCUT2D eigenvalue weighted by atomic mass is 14.9. The molecule has 0 radical (unpaired) electrons. The molecule has 2 nitrogen and oxygen atoms in total. The summed E-state index contributed by atoms with van der Waals surface area (Å²) in [6.07, 6.45) is 7.93. The summed E-state index contributed by atoms with van der Waals surface area (Å²) in [6.45, 7) is 6.42. The van der Waals surface area contributed by atoms with Crippen LogP contribution in [0.2, 0.25) is 0 Å². The summed E-state index contributed by atoms with van der Waals surface area (Å²) in [4.78, 5) is 0. The minimum absolute atomic E-state index is 0.636. The van der Waals surface area contributed by atoms with Gasteiger partial charge in [-0.1, -0.05) is 39.5 Å². The normalized spacial score (nSPS) is 11.1. The van der Waals surface area contributed by atoms with Gasteiger partial charge >= 0.3 is 0 Å². The van der Waals surface area contributed by atoms with Gasteiger partial charge in [0.25, 0.3) is 0 Å². The molecule has 0 spiro atoms. The molecule has 13 heavy (non-hydrogen) atoms. The zero-order chi connectivity index (χ0) is 9.94. The summed E-state index contributed by atoms with van der Waals surface area (Å²) in [5.74, 6) is 0. The van der Waals surface area contributed by atoms with Gasteiger partial charge in [0.2, 0.25) is 0 Å². The van der Waals surface area contributed by atoms with E-state index in [0.717, 1.165) is 6.54 Å². The van der Waals surface area contributed by atoms with E-state index in [4.69, 9.17) is 5.73 Å². The third-order valence-electron chi connectivity index (χ3n) is 2.18. The van der Waals surface area contributed by atoms with Crippen LogP contribution < -0.4 is 11.1 Å². The van der Waals surface area contributed by atoms with Crippen LogP contribution in [0.4, 0.5) is 0 Å². The number of rotatable bonds is 9. The molecule has 0 fully saturated rings. The summed E-state index contributed by atoms with van der Waals surface area (Å²) in [6, 6.07) is 0.636. The summed E-state index contributed by atoms with van der Waals surface area (Å²) in [5, 5.41) is 3.43. The Hall–Kier alpha value is -0.0800. The molecule has 0 aromatic rings. The summed E-state index contributed by atoms with van der Waals surface area (Å²) in [5.41, 5.74) is 5.41. The van der Waals surface area contributed by atoms with Gasteiger partial charge in [0.1, 0.15) is 0 Å². The Kier molecular flexibility index (Phi) is 9.94. The average molecular weight is 186 g/mol. The van der Waals surface area contributed by atoms with E-state index in [-0.39, 0.29) is 0 Å². The topological polar surface area (TPSA) is 38.0 Å². The first kappa shape index (κ1) is 12.9. The predicted octanol–water partition coefficient (Wildman–Crippen LogP) is 2.28. The Morgan fingerprint density at radius 1 is 0.923 bits per heavy atom. The van der Waals surface area contributed by atoms with Crippen molar-refractivity contribution in [3.05, 3.63) is 0 Å². The van der Waals surface area contributed by atoms with Crippen LogP contribution in [0.25, 0.3) is 0 Å². The molecule has 0 atom stereocenters. The number of nitrogens with one attached hydrogen (secondary N) is 1. The molecule has 0 amide bonds. The maximum Gasteiger partial charge on any atom is 0.00103 e. The molecular formula is C11H26N2. The third-order valence-corrected chi connectivity index (χ3v) is 2.18. The second kappa shape index (κ2) is 10.0. The molecule has 0 unspecified atom stereocenters. The number of unbranched alkanes of at least 4 members (excludes halogenated alkanes) is 5. The van der Waals surface area contributed by atoms with Crippen molar-refractivity contribution < 1.29 is 0 Å². The summed E-state index contributed by atoms with van der Waals surface area (Å²) < 4.78 is 0. The third kappa shape index (κ3) is 11.9. The molecule has 3 N–H and O–H groups in total. The van der Waals surface area contributed by atoms with E-state index in [2.05, 4.69) is 19.2 Å². The maximum atomic E-state index is 5.41. The van der Waals surface area contributed by atoms with Gasteiger partial charge in [0.15, 0.2) is 0 Å². The van der Waals surface area contributed by atoms with Crippen LogP contribution in [0.3, 0.4) is 0 Å². The summed E-state index contributed by atoms with van der Waals surface area (Å²) in [7, 11) is 0. The Bertz CT molecular complexity index is 92.1. The van der Waals surface area contributed by atoms with Crippen LogP contribution >= 0.6 is 0 Å². The predicted molar refractivity (Wildman–Crippen MR) is 59.9 cm³/mol. The van der Waals surface area contributed by atoms with Crippen molar-refractivity contribution in [2.45, 2.75) is 58.4 Å². The SMILES string of the molecule is CC(C)NCCCCCCCCN. The molecule has 0 aliphatic carbocycles. The second-order valence-electron chi connectivity index (χ2n) is 4.02. The fraction of sp³-hybridized carbons (Fsp3) is 1.00. The van der Waals surface area contributed by atoms with Crippen LogP contribution in [0.5, 0.6) is 0 Å². The first-order valence-electron chi connectivity index (χ1n) is 5.71. The van der Waals surface area contributed by atoms with Crippen LogP contribution in [-0.2, 0) is 0 Å². The molecule has 2 heteroatoms. The molecule has 0 aromatic carbocycles. The van der Waals surface area contributed by atoms with E-state index in [0.29, 0.717) is 6.04 Å². The highest BCUT2D eigenvalue weighted by Crippen LogP contribution is 2.03.